The molecule has 1 saturated heterocycles. The molecule has 0 radical (unpaired) electrons. The minimum Gasteiger partial charge on any atom is -0.300 e. The molecular formula is C24H15ClFN3O5. The molecule has 3 aromatic carbocycles. The van der Waals surface area contributed by atoms with Crippen LogP contribution < -0.4 is 4.90 Å². The fourth-order valence-corrected chi connectivity index (χ4v) is 4.52. The van der Waals surface area contributed by atoms with E-state index in [2.05, 4.69) is 0 Å². The molecule has 0 aliphatic carbocycles. The average Bonchev–Trinajstić information content (AvgIpc) is 3.05. The number of hydrogen-bond acceptors (Lipinski definition) is 5. The second kappa shape index (κ2) is 7.74. The van der Waals surface area contributed by atoms with E-state index < -0.39 is 40.5 Å². The van der Waals surface area contributed by atoms with Crippen LogP contribution in [0.5, 0.6) is 0 Å². The average molecular weight is 480 g/mol. The van der Waals surface area contributed by atoms with E-state index in [9.17, 15) is 28.9 Å². The summed E-state index contributed by atoms with van der Waals surface area (Å²) in [6.07, 6.45) is 0. The van der Waals surface area contributed by atoms with Crippen LogP contribution in [-0.4, -0.2) is 33.6 Å². The maximum absolute atomic E-state index is 13.6. The number of carbonyl (C=O) groups excluding carboxylic acids is 3. The van der Waals surface area contributed by atoms with E-state index in [-0.39, 0.29) is 16.8 Å². The van der Waals surface area contributed by atoms with Gasteiger partial charge in [-0.15, -0.1) is 0 Å². The van der Waals surface area contributed by atoms with Gasteiger partial charge in [-0.3, -0.25) is 29.4 Å². The highest BCUT2D eigenvalue weighted by molar-refractivity contribution is 6.32. The summed E-state index contributed by atoms with van der Waals surface area (Å²) in [5.74, 6) is -2.53. The fourth-order valence-electron chi connectivity index (χ4n) is 4.35. The van der Waals surface area contributed by atoms with Gasteiger partial charge in [-0.2, -0.15) is 0 Å². The third-order valence-corrected chi connectivity index (χ3v) is 6.51. The quantitative estimate of drug-likeness (QED) is 0.238. The molecule has 2 heterocycles. The lowest BCUT2D eigenvalue weighted by Crippen LogP contribution is -2.67. The molecule has 2 aliphatic rings. The number of fused-ring (bicyclic) bond motifs is 1. The summed E-state index contributed by atoms with van der Waals surface area (Å²) in [7, 11) is 0. The molecule has 3 amide bonds. The third kappa shape index (κ3) is 3.16. The molecule has 0 N–H and O–H groups in total. The Morgan fingerprint density at radius 2 is 1.56 bits per heavy atom. The first-order valence-electron chi connectivity index (χ1n) is 10.2. The Bertz CT molecular complexity index is 1410. The first-order chi connectivity index (χ1) is 16.2. The van der Waals surface area contributed by atoms with Gasteiger partial charge in [-0.25, -0.2) is 4.39 Å². The van der Waals surface area contributed by atoms with Crippen LogP contribution in [0.4, 0.5) is 15.8 Å². The van der Waals surface area contributed by atoms with Crippen LogP contribution in [0.1, 0.15) is 37.9 Å². The molecule has 34 heavy (non-hydrogen) atoms. The monoisotopic (exact) mass is 479 g/mol. The molecule has 170 valence electrons. The minimum absolute atomic E-state index is 0.0157. The lowest BCUT2D eigenvalue weighted by Gasteiger charge is -2.49. The van der Waals surface area contributed by atoms with E-state index in [0.717, 1.165) is 22.6 Å². The zero-order valence-electron chi connectivity index (χ0n) is 17.6. The van der Waals surface area contributed by atoms with Crippen LogP contribution in [0.25, 0.3) is 0 Å². The van der Waals surface area contributed by atoms with Crippen molar-refractivity contribution in [2.45, 2.75) is 19.0 Å². The maximum atomic E-state index is 13.6. The second-order valence-corrected chi connectivity index (χ2v) is 8.46. The highest BCUT2D eigenvalue weighted by Crippen LogP contribution is 2.45. The number of aryl methyl sites for hydroxylation is 1. The number of nitrogens with zero attached hydrogens (tertiary/aromatic N) is 3. The number of nitro groups is 1. The Hall–Kier alpha value is -4.11. The first kappa shape index (κ1) is 21.7. The van der Waals surface area contributed by atoms with Gasteiger partial charge in [-0.1, -0.05) is 29.8 Å². The summed E-state index contributed by atoms with van der Waals surface area (Å²) in [6.45, 7) is 1.81. The van der Waals surface area contributed by atoms with Gasteiger partial charge in [0, 0.05) is 22.8 Å². The van der Waals surface area contributed by atoms with Gasteiger partial charge in [0.15, 0.2) is 0 Å². The minimum atomic E-state index is -1.21. The molecule has 0 saturated carbocycles. The van der Waals surface area contributed by atoms with Crippen molar-refractivity contribution < 1.29 is 23.7 Å². The normalized spacial score (nSPS) is 19.3. The number of halogens is 2. The second-order valence-electron chi connectivity index (χ2n) is 8.05. The Morgan fingerprint density at radius 1 is 0.882 bits per heavy atom. The highest BCUT2D eigenvalue weighted by atomic mass is 35.5. The Morgan fingerprint density at radius 3 is 2.21 bits per heavy atom. The number of nitro benzene ring substituents is 1. The SMILES string of the molecule is Cc1ccc(N2C(=O)[C@@H](N3C(=O)c4ccc([N+](=O)[O-])cc4C3=O)[C@H]2c2ccc(F)cc2)cc1Cl. The molecule has 0 unspecified atom stereocenters. The van der Waals surface area contributed by atoms with Crippen LogP contribution in [0, 0.1) is 22.9 Å². The molecule has 3 aromatic rings. The number of anilines is 1. The Kier molecular flexibility index (Phi) is 4.94. The molecule has 2 atom stereocenters. The number of imide groups is 1. The smallest absolute Gasteiger partial charge is 0.270 e. The third-order valence-electron chi connectivity index (χ3n) is 6.10. The highest BCUT2D eigenvalue weighted by Gasteiger charge is 2.57. The van der Waals surface area contributed by atoms with Gasteiger partial charge in [0.25, 0.3) is 23.4 Å². The Balaban J connectivity index is 1.58. The largest absolute Gasteiger partial charge is 0.300 e. The van der Waals surface area contributed by atoms with Crippen LogP contribution in [-0.2, 0) is 4.79 Å². The van der Waals surface area contributed by atoms with Crippen molar-refractivity contribution in [3.8, 4) is 0 Å². The van der Waals surface area contributed by atoms with Gasteiger partial charge in [0.1, 0.15) is 11.9 Å². The van der Waals surface area contributed by atoms with Crippen molar-refractivity contribution in [1.82, 2.24) is 4.90 Å². The lowest BCUT2D eigenvalue weighted by atomic mass is 9.86. The summed E-state index contributed by atoms with van der Waals surface area (Å²) in [4.78, 5) is 52.4. The number of amides is 3. The lowest BCUT2D eigenvalue weighted by molar-refractivity contribution is -0.384. The van der Waals surface area contributed by atoms with Crippen LogP contribution in [0.2, 0.25) is 5.02 Å². The van der Waals surface area contributed by atoms with Gasteiger partial charge in [0.2, 0.25) is 0 Å². The van der Waals surface area contributed by atoms with E-state index in [1.807, 2.05) is 6.92 Å². The summed E-state index contributed by atoms with van der Waals surface area (Å²) in [5, 5.41) is 11.6. The predicted octanol–water partition coefficient (Wildman–Crippen LogP) is 4.45. The van der Waals surface area contributed by atoms with Crippen molar-refractivity contribution in [3.05, 3.63) is 104 Å². The number of benzene rings is 3. The van der Waals surface area contributed by atoms with E-state index >= 15 is 0 Å². The van der Waals surface area contributed by atoms with Gasteiger partial charge in [-0.05, 0) is 48.4 Å². The Labute approximate surface area is 197 Å². The van der Waals surface area contributed by atoms with E-state index in [0.29, 0.717) is 16.3 Å². The van der Waals surface area contributed by atoms with Crippen LogP contribution in [0.3, 0.4) is 0 Å². The molecular weight excluding hydrogens is 465 g/mol. The van der Waals surface area contributed by atoms with Crippen molar-refractivity contribution in [3.63, 3.8) is 0 Å². The number of non-ortho nitro benzene ring substituents is 1. The van der Waals surface area contributed by atoms with Crippen molar-refractivity contribution >= 4 is 40.7 Å². The van der Waals surface area contributed by atoms with Crippen molar-refractivity contribution in [1.29, 1.82) is 0 Å². The van der Waals surface area contributed by atoms with E-state index in [1.165, 1.54) is 35.2 Å². The summed E-state index contributed by atoms with van der Waals surface area (Å²) < 4.78 is 13.6. The number of β-lactam (4-membered cyclic amide) rings is 1. The van der Waals surface area contributed by atoms with Crippen molar-refractivity contribution in [2.24, 2.45) is 0 Å². The van der Waals surface area contributed by atoms with Crippen molar-refractivity contribution in [2.75, 3.05) is 4.90 Å². The molecule has 0 aromatic heterocycles. The standard InChI is InChI=1S/C24H15ClFN3O5/c1-12-2-7-15(11-19(12)25)27-20(13-3-5-14(26)6-4-13)21(24(27)32)28-22(30)17-9-8-16(29(33)34)10-18(17)23(28)31/h2-11,20-21H,1H3/t20-,21+/m1/s1. The fraction of sp³-hybridized carbons (Fsp3) is 0.125. The summed E-state index contributed by atoms with van der Waals surface area (Å²) in [5.41, 5.74) is 1.27. The van der Waals surface area contributed by atoms with Crippen LogP contribution in [0.15, 0.2) is 60.7 Å². The molecule has 0 bridgehead atoms. The predicted molar refractivity (Wildman–Crippen MR) is 120 cm³/mol. The van der Waals surface area contributed by atoms with E-state index in [4.69, 9.17) is 11.6 Å². The zero-order chi connectivity index (χ0) is 24.3. The van der Waals surface area contributed by atoms with E-state index in [1.54, 1.807) is 18.2 Å². The summed E-state index contributed by atoms with van der Waals surface area (Å²) in [6, 6.07) is 11.8. The number of rotatable bonds is 4. The zero-order valence-corrected chi connectivity index (χ0v) is 18.3. The maximum Gasteiger partial charge on any atom is 0.270 e. The summed E-state index contributed by atoms with van der Waals surface area (Å²) >= 11 is 6.25. The number of carbonyl (C=O) groups is 3. The topological polar surface area (TPSA) is 101 Å². The first-order valence-corrected chi connectivity index (χ1v) is 10.6. The van der Waals surface area contributed by atoms with Gasteiger partial charge >= 0.3 is 0 Å². The molecule has 8 nitrogen and oxygen atoms in total. The molecule has 1 fully saturated rings. The molecule has 0 spiro atoms. The number of hydrogen-bond donors (Lipinski definition) is 0. The molecule has 2 aliphatic heterocycles. The molecule has 10 heteroatoms. The molecule has 5 rings (SSSR count). The van der Waals surface area contributed by atoms with Crippen LogP contribution >= 0.6 is 11.6 Å². The van der Waals surface area contributed by atoms with Gasteiger partial charge in [0.05, 0.1) is 22.1 Å². The van der Waals surface area contributed by atoms with Gasteiger partial charge < -0.3 is 4.90 Å².